The number of sulfone groups is 1. The molecule has 0 saturated carbocycles. The van der Waals surface area contributed by atoms with Crippen LogP contribution in [0.4, 0.5) is 0 Å². The number of amides is 1. The average molecular weight is 206 g/mol. The molecular formula is C7H14N2O3S. The molecule has 1 fully saturated rings. The quantitative estimate of drug-likeness (QED) is 0.590. The summed E-state index contributed by atoms with van der Waals surface area (Å²) in [4.78, 5) is 10.7. The molecule has 5 nitrogen and oxygen atoms in total. The number of nitrogens with two attached hydrogens (primary N) is 2. The van der Waals surface area contributed by atoms with Crippen molar-refractivity contribution < 1.29 is 13.2 Å². The summed E-state index contributed by atoms with van der Waals surface area (Å²) in [5.41, 5.74) is 9.84. The molecule has 4 N–H and O–H groups in total. The van der Waals surface area contributed by atoms with Gasteiger partial charge in [0.2, 0.25) is 5.91 Å². The van der Waals surface area contributed by atoms with Crippen LogP contribution in [0.15, 0.2) is 0 Å². The standard InChI is InChI=1S/C7H14N2O3S/c1-5-7(9,4-6(8)10)2-3-13(5,11)12/h5H,2-4,9H2,1H3,(H2,8,10). The Bertz CT molecular complexity index is 325. The van der Waals surface area contributed by atoms with Gasteiger partial charge in [-0.15, -0.1) is 0 Å². The van der Waals surface area contributed by atoms with Gasteiger partial charge in [-0.1, -0.05) is 0 Å². The van der Waals surface area contributed by atoms with Crippen LogP contribution in [0.5, 0.6) is 0 Å². The van der Waals surface area contributed by atoms with E-state index >= 15 is 0 Å². The molecule has 1 amide bonds. The first-order chi connectivity index (χ1) is 5.78. The number of carbonyl (C=O) groups is 1. The van der Waals surface area contributed by atoms with Crippen LogP contribution in [0.25, 0.3) is 0 Å². The summed E-state index contributed by atoms with van der Waals surface area (Å²) in [7, 11) is -3.11. The van der Waals surface area contributed by atoms with E-state index in [1.54, 1.807) is 0 Å². The van der Waals surface area contributed by atoms with E-state index in [1.165, 1.54) is 6.92 Å². The molecule has 76 valence electrons. The topological polar surface area (TPSA) is 103 Å². The van der Waals surface area contributed by atoms with E-state index in [9.17, 15) is 13.2 Å². The zero-order valence-corrected chi connectivity index (χ0v) is 8.30. The van der Waals surface area contributed by atoms with Crippen LogP contribution in [0, 0.1) is 0 Å². The zero-order chi connectivity index (χ0) is 10.3. The molecule has 6 heteroatoms. The molecule has 2 unspecified atom stereocenters. The second kappa shape index (κ2) is 2.95. The fourth-order valence-electron chi connectivity index (χ4n) is 1.63. The minimum atomic E-state index is -3.11. The van der Waals surface area contributed by atoms with Gasteiger partial charge in [-0.3, -0.25) is 4.79 Å². The van der Waals surface area contributed by atoms with Gasteiger partial charge in [-0.05, 0) is 13.3 Å². The summed E-state index contributed by atoms with van der Waals surface area (Å²) in [6, 6.07) is 0. The molecule has 1 heterocycles. The second-order valence-corrected chi connectivity index (χ2v) is 6.08. The summed E-state index contributed by atoms with van der Waals surface area (Å²) in [6.07, 6.45) is 0.257. The molecule has 2 atom stereocenters. The predicted octanol–water partition coefficient (Wildman–Crippen LogP) is -1.23. The average Bonchev–Trinajstić information content (AvgIpc) is 2.14. The summed E-state index contributed by atoms with van der Waals surface area (Å²) >= 11 is 0. The predicted molar refractivity (Wildman–Crippen MR) is 48.6 cm³/mol. The van der Waals surface area contributed by atoms with Gasteiger partial charge in [0.1, 0.15) is 0 Å². The molecule has 0 aromatic rings. The molecule has 1 aliphatic rings. The van der Waals surface area contributed by atoms with Gasteiger partial charge >= 0.3 is 0 Å². The van der Waals surface area contributed by atoms with E-state index in [-0.39, 0.29) is 12.2 Å². The first-order valence-corrected chi connectivity index (χ1v) is 5.78. The molecule has 0 spiro atoms. The molecular weight excluding hydrogens is 192 g/mol. The Morgan fingerprint density at radius 3 is 2.46 bits per heavy atom. The van der Waals surface area contributed by atoms with E-state index in [4.69, 9.17) is 11.5 Å². The summed E-state index contributed by atoms with van der Waals surface area (Å²) < 4.78 is 22.7. The number of hydrogen-bond acceptors (Lipinski definition) is 4. The van der Waals surface area contributed by atoms with Crippen molar-refractivity contribution in [1.82, 2.24) is 0 Å². The number of rotatable bonds is 2. The van der Waals surface area contributed by atoms with Crippen LogP contribution in [-0.2, 0) is 14.6 Å². The lowest BCUT2D eigenvalue weighted by Crippen LogP contribution is -2.49. The summed E-state index contributed by atoms with van der Waals surface area (Å²) in [5.74, 6) is -0.496. The molecule has 0 aromatic heterocycles. The van der Waals surface area contributed by atoms with E-state index in [0.29, 0.717) is 6.42 Å². The normalized spacial score (nSPS) is 37.5. The van der Waals surface area contributed by atoms with Crippen LogP contribution in [0.2, 0.25) is 0 Å². The van der Waals surface area contributed by atoms with Crippen molar-refractivity contribution in [2.75, 3.05) is 5.75 Å². The van der Waals surface area contributed by atoms with Gasteiger partial charge in [0.05, 0.1) is 11.0 Å². The van der Waals surface area contributed by atoms with Gasteiger partial charge in [0.15, 0.2) is 9.84 Å². The first-order valence-electron chi connectivity index (χ1n) is 4.07. The maximum Gasteiger partial charge on any atom is 0.219 e. The lowest BCUT2D eigenvalue weighted by atomic mass is 9.90. The summed E-state index contributed by atoms with van der Waals surface area (Å²) in [5, 5.41) is -0.674. The summed E-state index contributed by atoms with van der Waals surface area (Å²) in [6.45, 7) is 1.53. The number of hydrogen-bond donors (Lipinski definition) is 2. The van der Waals surface area contributed by atoms with Crippen LogP contribution < -0.4 is 11.5 Å². The molecule has 0 bridgehead atoms. The highest BCUT2D eigenvalue weighted by Gasteiger charge is 2.47. The van der Waals surface area contributed by atoms with Crippen LogP contribution in [-0.4, -0.2) is 30.9 Å². The number of primary amides is 1. The smallest absolute Gasteiger partial charge is 0.219 e. The third-order valence-electron chi connectivity index (χ3n) is 2.70. The third-order valence-corrected chi connectivity index (χ3v) is 5.02. The third kappa shape index (κ3) is 1.83. The zero-order valence-electron chi connectivity index (χ0n) is 7.49. The van der Waals surface area contributed by atoms with E-state index < -0.39 is 26.5 Å². The van der Waals surface area contributed by atoms with E-state index in [0.717, 1.165) is 0 Å². The highest BCUT2D eigenvalue weighted by Crippen LogP contribution is 2.31. The molecule has 0 aliphatic carbocycles. The molecule has 1 rings (SSSR count). The lowest BCUT2D eigenvalue weighted by molar-refractivity contribution is -0.119. The second-order valence-electron chi connectivity index (χ2n) is 3.64. The molecule has 0 aromatic carbocycles. The van der Waals surface area contributed by atoms with E-state index in [1.807, 2.05) is 0 Å². The highest BCUT2D eigenvalue weighted by atomic mass is 32.2. The molecule has 0 radical (unpaired) electrons. The maximum atomic E-state index is 11.3. The minimum Gasteiger partial charge on any atom is -0.370 e. The largest absolute Gasteiger partial charge is 0.370 e. The monoisotopic (exact) mass is 206 g/mol. The van der Waals surface area contributed by atoms with E-state index in [2.05, 4.69) is 0 Å². The Morgan fingerprint density at radius 2 is 2.15 bits per heavy atom. The molecule has 1 saturated heterocycles. The van der Waals surface area contributed by atoms with Crippen molar-refractivity contribution in [3.63, 3.8) is 0 Å². The Labute approximate surface area is 77.4 Å². The Hall–Kier alpha value is -0.620. The maximum absolute atomic E-state index is 11.3. The Morgan fingerprint density at radius 1 is 1.62 bits per heavy atom. The van der Waals surface area contributed by atoms with Crippen molar-refractivity contribution >= 4 is 15.7 Å². The van der Waals surface area contributed by atoms with Crippen LogP contribution in [0.3, 0.4) is 0 Å². The SMILES string of the molecule is CC1C(N)(CC(N)=O)CCS1(=O)=O. The van der Waals surface area contributed by atoms with Crippen molar-refractivity contribution in [3.05, 3.63) is 0 Å². The minimum absolute atomic E-state index is 0.0535. The number of carbonyl (C=O) groups excluding carboxylic acids is 1. The molecule has 13 heavy (non-hydrogen) atoms. The van der Waals surface area contributed by atoms with Crippen molar-refractivity contribution in [3.8, 4) is 0 Å². The Kier molecular flexibility index (Phi) is 2.38. The van der Waals surface area contributed by atoms with Gasteiger partial charge in [-0.25, -0.2) is 8.42 Å². The van der Waals surface area contributed by atoms with Crippen LogP contribution >= 0.6 is 0 Å². The van der Waals surface area contributed by atoms with Gasteiger partial charge in [0, 0.05) is 12.0 Å². The van der Waals surface area contributed by atoms with Gasteiger partial charge in [-0.2, -0.15) is 0 Å². The van der Waals surface area contributed by atoms with Gasteiger partial charge < -0.3 is 11.5 Å². The highest BCUT2D eigenvalue weighted by molar-refractivity contribution is 7.92. The first kappa shape index (κ1) is 10.5. The lowest BCUT2D eigenvalue weighted by Gasteiger charge is -2.25. The fourth-order valence-corrected chi connectivity index (χ4v) is 3.56. The Balaban J connectivity index is 2.90. The van der Waals surface area contributed by atoms with Crippen LogP contribution in [0.1, 0.15) is 19.8 Å². The van der Waals surface area contributed by atoms with Crippen molar-refractivity contribution in [2.45, 2.75) is 30.6 Å². The van der Waals surface area contributed by atoms with Crippen molar-refractivity contribution in [1.29, 1.82) is 0 Å². The van der Waals surface area contributed by atoms with Crippen molar-refractivity contribution in [2.24, 2.45) is 11.5 Å². The fraction of sp³-hybridized carbons (Fsp3) is 0.857. The van der Waals surface area contributed by atoms with Gasteiger partial charge in [0.25, 0.3) is 0 Å². The molecule has 1 aliphatic heterocycles.